The number of hydrogen-bond acceptors (Lipinski definition) is 7. The number of likely N-dealkylation sites (tertiary alicyclic amines) is 1. The molecule has 1 amide bonds. The maximum absolute atomic E-state index is 12.5. The summed E-state index contributed by atoms with van der Waals surface area (Å²) in [6.07, 6.45) is 2.43. The quantitative estimate of drug-likeness (QED) is 0.582. The Bertz CT molecular complexity index is 1050. The third-order valence-electron chi connectivity index (χ3n) is 4.95. The summed E-state index contributed by atoms with van der Waals surface area (Å²) in [5, 5.41) is 3.53. The molecule has 1 saturated heterocycles. The van der Waals surface area contributed by atoms with Crippen molar-refractivity contribution < 1.29 is 19.1 Å². The van der Waals surface area contributed by atoms with Gasteiger partial charge in [0.05, 0.1) is 18.5 Å². The molecule has 7 nitrogen and oxygen atoms in total. The highest BCUT2D eigenvalue weighted by Gasteiger charge is 2.22. The number of fused-ring (bicyclic) bond motifs is 1. The van der Waals surface area contributed by atoms with E-state index in [0.29, 0.717) is 21.1 Å². The lowest BCUT2D eigenvalue weighted by molar-refractivity contribution is -0.118. The number of rotatable bonds is 7. The smallest absolute Gasteiger partial charge is 0.350 e. The monoisotopic (exact) mass is 425 g/mol. The fourth-order valence-electron chi connectivity index (χ4n) is 3.48. The summed E-state index contributed by atoms with van der Waals surface area (Å²) in [6.45, 7) is 2.79. The predicted molar refractivity (Wildman–Crippen MR) is 116 cm³/mol. The first-order valence-electron chi connectivity index (χ1n) is 9.85. The van der Waals surface area contributed by atoms with Gasteiger partial charge in [-0.3, -0.25) is 9.69 Å². The molecule has 0 radical (unpaired) electrons. The van der Waals surface area contributed by atoms with E-state index >= 15 is 0 Å². The Balaban J connectivity index is 1.55. The second-order valence-electron chi connectivity index (χ2n) is 7.09. The number of pyridine rings is 1. The number of para-hydroxylation sites is 1. The number of benzene rings is 1. The second-order valence-corrected chi connectivity index (χ2v) is 8.09. The van der Waals surface area contributed by atoms with Gasteiger partial charge in [0.25, 0.3) is 5.91 Å². The summed E-state index contributed by atoms with van der Waals surface area (Å²) in [5.41, 5.74) is 1.37. The Kier molecular flexibility index (Phi) is 6.25. The number of methoxy groups -OCH3 is 1. The molecule has 0 aliphatic carbocycles. The molecule has 3 heterocycles. The van der Waals surface area contributed by atoms with E-state index in [9.17, 15) is 9.59 Å². The van der Waals surface area contributed by atoms with Gasteiger partial charge < -0.3 is 14.8 Å². The van der Waals surface area contributed by atoms with E-state index in [0.717, 1.165) is 30.7 Å². The Morgan fingerprint density at radius 2 is 1.90 bits per heavy atom. The fraction of sp³-hybridized carbons (Fsp3) is 0.318. The Hall–Kier alpha value is -2.97. The van der Waals surface area contributed by atoms with Crippen LogP contribution in [0.2, 0.25) is 0 Å². The summed E-state index contributed by atoms with van der Waals surface area (Å²) >= 11 is 1.23. The van der Waals surface area contributed by atoms with Gasteiger partial charge in [-0.05, 0) is 50.2 Å². The highest BCUT2D eigenvalue weighted by Crippen LogP contribution is 2.35. The SMILES string of the molecule is COC(=O)c1sc2nc(CN3CCCC3)ccc2c1NC(=O)COc1ccccc1. The minimum absolute atomic E-state index is 0.164. The van der Waals surface area contributed by atoms with E-state index in [1.807, 2.05) is 30.3 Å². The zero-order chi connectivity index (χ0) is 20.9. The highest BCUT2D eigenvalue weighted by atomic mass is 32.1. The summed E-state index contributed by atoms with van der Waals surface area (Å²) in [7, 11) is 1.32. The molecule has 3 aromatic rings. The van der Waals surface area contributed by atoms with Crippen LogP contribution in [0.4, 0.5) is 5.69 Å². The van der Waals surface area contributed by atoms with E-state index in [2.05, 4.69) is 10.2 Å². The first kappa shape index (κ1) is 20.3. The van der Waals surface area contributed by atoms with Crippen LogP contribution < -0.4 is 10.1 Å². The minimum atomic E-state index is -0.502. The lowest BCUT2D eigenvalue weighted by atomic mass is 10.2. The number of aromatic nitrogens is 1. The van der Waals surface area contributed by atoms with Gasteiger partial charge in [0, 0.05) is 11.9 Å². The number of nitrogens with one attached hydrogen (secondary N) is 1. The number of thiophene rings is 1. The first-order chi connectivity index (χ1) is 14.6. The van der Waals surface area contributed by atoms with Crippen molar-refractivity contribution in [2.75, 3.05) is 32.1 Å². The molecular weight excluding hydrogens is 402 g/mol. The molecule has 0 bridgehead atoms. The molecule has 8 heteroatoms. The molecular formula is C22H23N3O4S. The van der Waals surface area contributed by atoms with Crippen LogP contribution in [-0.2, 0) is 16.1 Å². The third-order valence-corrected chi connectivity index (χ3v) is 6.03. The maximum Gasteiger partial charge on any atom is 0.350 e. The number of carbonyl (C=O) groups excluding carboxylic acids is 2. The first-order valence-corrected chi connectivity index (χ1v) is 10.7. The van der Waals surface area contributed by atoms with Gasteiger partial charge in [-0.2, -0.15) is 0 Å². The predicted octanol–water partition coefficient (Wildman–Crippen LogP) is 3.70. The average molecular weight is 426 g/mol. The van der Waals surface area contributed by atoms with E-state index in [-0.39, 0.29) is 12.5 Å². The van der Waals surface area contributed by atoms with E-state index in [1.165, 1.54) is 31.3 Å². The number of amides is 1. The summed E-state index contributed by atoms with van der Waals surface area (Å²) in [4.78, 5) is 32.9. The van der Waals surface area contributed by atoms with Gasteiger partial charge in [-0.1, -0.05) is 18.2 Å². The topological polar surface area (TPSA) is 80.8 Å². The van der Waals surface area contributed by atoms with E-state index in [1.54, 1.807) is 12.1 Å². The zero-order valence-corrected chi connectivity index (χ0v) is 17.5. The molecule has 4 rings (SSSR count). The van der Waals surface area contributed by atoms with Crippen molar-refractivity contribution in [2.24, 2.45) is 0 Å². The van der Waals surface area contributed by atoms with E-state index in [4.69, 9.17) is 14.5 Å². The van der Waals surface area contributed by atoms with Gasteiger partial charge >= 0.3 is 5.97 Å². The van der Waals surface area contributed by atoms with Crippen molar-refractivity contribution in [3.8, 4) is 5.75 Å². The molecule has 1 fully saturated rings. The lowest BCUT2D eigenvalue weighted by Gasteiger charge is -2.13. The Morgan fingerprint density at radius 3 is 2.63 bits per heavy atom. The van der Waals surface area contributed by atoms with E-state index < -0.39 is 5.97 Å². The number of nitrogens with zero attached hydrogens (tertiary/aromatic N) is 2. The normalized spacial score (nSPS) is 14.0. The lowest BCUT2D eigenvalue weighted by Crippen LogP contribution is -2.21. The molecule has 1 aliphatic rings. The molecule has 1 aromatic carbocycles. The molecule has 0 atom stereocenters. The van der Waals surface area contributed by atoms with Crippen molar-refractivity contribution in [3.63, 3.8) is 0 Å². The Morgan fingerprint density at radius 1 is 1.13 bits per heavy atom. The maximum atomic E-state index is 12.5. The summed E-state index contributed by atoms with van der Waals surface area (Å²) in [6, 6.07) is 13.0. The van der Waals surface area contributed by atoms with Crippen molar-refractivity contribution in [3.05, 3.63) is 53.0 Å². The van der Waals surface area contributed by atoms with Crippen LogP contribution in [-0.4, -0.2) is 48.6 Å². The number of carbonyl (C=O) groups is 2. The van der Waals surface area contributed by atoms with Crippen LogP contribution in [0.3, 0.4) is 0 Å². The summed E-state index contributed by atoms with van der Waals surface area (Å²) in [5.74, 6) is -0.257. The second kappa shape index (κ2) is 9.23. The number of ether oxygens (including phenoxy) is 2. The number of esters is 1. The molecule has 0 spiro atoms. The van der Waals surface area contributed by atoms with Crippen LogP contribution in [0, 0.1) is 0 Å². The van der Waals surface area contributed by atoms with Crippen LogP contribution in [0.1, 0.15) is 28.2 Å². The molecule has 30 heavy (non-hydrogen) atoms. The van der Waals surface area contributed by atoms with Crippen LogP contribution in [0.25, 0.3) is 10.2 Å². The highest BCUT2D eigenvalue weighted by molar-refractivity contribution is 7.21. The van der Waals surface area contributed by atoms with Gasteiger partial charge in [0.2, 0.25) is 0 Å². The van der Waals surface area contributed by atoms with Gasteiger partial charge in [-0.25, -0.2) is 9.78 Å². The molecule has 156 valence electrons. The van der Waals surface area contributed by atoms with Crippen molar-refractivity contribution >= 4 is 39.1 Å². The van der Waals surface area contributed by atoms with Crippen molar-refractivity contribution in [1.82, 2.24) is 9.88 Å². The molecule has 2 aromatic heterocycles. The van der Waals surface area contributed by atoms with Crippen LogP contribution in [0.15, 0.2) is 42.5 Å². The van der Waals surface area contributed by atoms with Crippen molar-refractivity contribution in [2.45, 2.75) is 19.4 Å². The van der Waals surface area contributed by atoms with Gasteiger partial charge in [-0.15, -0.1) is 11.3 Å². The number of hydrogen-bond donors (Lipinski definition) is 1. The van der Waals surface area contributed by atoms with Gasteiger partial charge in [0.15, 0.2) is 6.61 Å². The largest absolute Gasteiger partial charge is 0.484 e. The summed E-state index contributed by atoms with van der Waals surface area (Å²) < 4.78 is 10.4. The van der Waals surface area contributed by atoms with Crippen LogP contribution >= 0.6 is 11.3 Å². The minimum Gasteiger partial charge on any atom is -0.484 e. The standard InChI is InChI=1S/C22H23N3O4S/c1-28-22(27)20-19(24-18(26)14-29-16-7-3-2-4-8-16)17-10-9-15(23-21(17)30-20)13-25-11-5-6-12-25/h2-4,7-10H,5-6,11-14H2,1H3,(H,24,26). The average Bonchev–Trinajstić information content (AvgIpc) is 3.40. The van der Waals surface area contributed by atoms with Crippen molar-refractivity contribution in [1.29, 1.82) is 0 Å². The number of anilines is 1. The molecule has 0 unspecified atom stereocenters. The fourth-order valence-corrected chi connectivity index (χ4v) is 4.54. The molecule has 0 saturated carbocycles. The van der Waals surface area contributed by atoms with Crippen LogP contribution in [0.5, 0.6) is 5.75 Å². The molecule has 1 N–H and O–H groups in total. The van der Waals surface area contributed by atoms with Gasteiger partial charge in [0.1, 0.15) is 15.5 Å². The Labute approximate surface area is 178 Å². The zero-order valence-electron chi connectivity index (χ0n) is 16.7. The third kappa shape index (κ3) is 4.60. The molecule has 1 aliphatic heterocycles.